The van der Waals surface area contributed by atoms with Crippen molar-refractivity contribution in [3.63, 3.8) is 0 Å². The highest BCUT2D eigenvalue weighted by Crippen LogP contribution is 2.33. The molecule has 0 saturated carbocycles. The number of alkyl halides is 1. The summed E-state index contributed by atoms with van der Waals surface area (Å²) in [5.74, 6) is 3.02. The van der Waals surface area contributed by atoms with Crippen LogP contribution in [0.4, 0.5) is 0 Å². The monoisotopic (exact) mass is 301 g/mol. The molecule has 0 bridgehead atoms. The number of nitrogens with zero attached hydrogens (tertiary/aromatic N) is 1. The normalized spacial score (nSPS) is 23.2. The molecule has 2 aliphatic rings. The zero-order valence-corrected chi connectivity index (χ0v) is 12.5. The Balaban J connectivity index is 1.81. The summed E-state index contributed by atoms with van der Waals surface area (Å²) in [5.41, 5.74) is 1.38. The van der Waals surface area contributed by atoms with Crippen molar-refractivity contribution in [2.45, 2.75) is 31.1 Å². The van der Waals surface area contributed by atoms with Crippen LogP contribution in [0.2, 0.25) is 0 Å². The molecule has 1 aromatic rings. The second kappa shape index (κ2) is 5.43. The second-order valence-electron chi connectivity index (χ2n) is 4.81. The molecule has 1 fully saturated rings. The van der Waals surface area contributed by atoms with Crippen molar-refractivity contribution in [2.24, 2.45) is 0 Å². The Morgan fingerprint density at radius 1 is 1.56 bits per heavy atom. The molecule has 2 aliphatic heterocycles. The molecule has 2 nitrogen and oxygen atoms in total. The van der Waals surface area contributed by atoms with Crippen LogP contribution in [0, 0.1) is 0 Å². The Kier molecular flexibility index (Phi) is 3.87. The highest BCUT2D eigenvalue weighted by Gasteiger charge is 2.30. The molecule has 1 amide bonds. The van der Waals surface area contributed by atoms with Crippen LogP contribution in [0.1, 0.15) is 33.0 Å². The third-order valence-electron chi connectivity index (χ3n) is 3.65. The quantitative estimate of drug-likeness (QED) is 0.781. The van der Waals surface area contributed by atoms with Gasteiger partial charge in [0.25, 0.3) is 5.91 Å². The van der Waals surface area contributed by atoms with E-state index >= 15 is 0 Å². The van der Waals surface area contributed by atoms with Gasteiger partial charge in [0.2, 0.25) is 0 Å². The topological polar surface area (TPSA) is 20.3 Å². The highest BCUT2D eigenvalue weighted by molar-refractivity contribution is 7.98. The van der Waals surface area contributed by atoms with Gasteiger partial charge in [-0.1, -0.05) is 0 Å². The van der Waals surface area contributed by atoms with Crippen molar-refractivity contribution >= 4 is 40.6 Å². The average molecular weight is 302 g/mol. The fraction of sp³-hybridized carbons (Fsp3) is 0.615. The first-order valence-electron chi connectivity index (χ1n) is 6.36. The van der Waals surface area contributed by atoms with Gasteiger partial charge in [0.15, 0.2) is 0 Å². The van der Waals surface area contributed by atoms with Crippen LogP contribution in [0.5, 0.6) is 0 Å². The Morgan fingerprint density at radius 3 is 3.22 bits per heavy atom. The molecule has 98 valence electrons. The summed E-state index contributed by atoms with van der Waals surface area (Å²) < 4.78 is 0. The second-order valence-corrected chi connectivity index (χ2v) is 7.36. The molecule has 1 unspecified atom stereocenters. The molecule has 5 heteroatoms. The van der Waals surface area contributed by atoms with Gasteiger partial charge in [0.1, 0.15) is 0 Å². The minimum atomic E-state index is 0.197. The van der Waals surface area contributed by atoms with E-state index in [1.807, 2.05) is 16.7 Å². The fourth-order valence-electron chi connectivity index (χ4n) is 2.66. The van der Waals surface area contributed by atoms with Crippen molar-refractivity contribution in [3.8, 4) is 0 Å². The fourth-order valence-corrected chi connectivity index (χ4v) is 5.31. The van der Waals surface area contributed by atoms with Crippen LogP contribution >= 0.6 is 34.7 Å². The lowest BCUT2D eigenvalue weighted by molar-refractivity contribution is 0.0754. The molecule has 1 atom stereocenters. The van der Waals surface area contributed by atoms with E-state index in [-0.39, 0.29) is 11.9 Å². The molecule has 3 rings (SSSR count). The number of rotatable bonds is 2. The maximum atomic E-state index is 12.5. The number of halogens is 1. The third kappa shape index (κ3) is 2.30. The van der Waals surface area contributed by atoms with Gasteiger partial charge in [-0.15, -0.1) is 22.9 Å². The zero-order valence-electron chi connectivity index (χ0n) is 10.2. The molecule has 0 radical (unpaired) electrons. The summed E-state index contributed by atoms with van der Waals surface area (Å²) >= 11 is 9.60. The first-order chi connectivity index (χ1) is 8.79. The zero-order chi connectivity index (χ0) is 12.5. The molecule has 3 heterocycles. The lowest BCUT2D eigenvalue weighted by Crippen LogP contribution is -2.36. The minimum Gasteiger partial charge on any atom is -0.334 e. The largest absolute Gasteiger partial charge is 0.334 e. The highest BCUT2D eigenvalue weighted by atomic mass is 35.5. The lowest BCUT2D eigenvalue weighted by Gasteiger charge is -2.22. The van der Waals surface area contributed by atoms with Gasteiger partial charge in [0, 0.05) is 29.1 Å². The summed E-state index contributed by atoms with van der Waals surface area (Å²) in [6, 6.07) is 2.35. The van der Waals surface area contributed by atoms with E-state index in [0.29, 0.717) is 5.88 Å². The predicted octanol–water partition coefficient (Wildman–Crippen LogP) is 3.38. The number of likely N-dealkylation sites (tertiary alicyclic amines) is 1. The van der Waals surface area contributed by atoms with Crippen LogP contribution in [-0.4, -0.2) is 35.0 Å². The standard InChI is InChI=1S/C13H16ClNOS2/c14-7-10-2-1-4-15(10)13(16)12-6-9-8-17-5-3-11(9)18-12/h6,10H,1-5,7-8H2. The van der Waals surface area contributed by atoms with Gasteiger partial charge in [-0.25, -0.2) is 0 Å². The molecule has 0 aliphatic carbocycles. The number of fused-ring (bicyclic) bond motifs is 1. The molecule has 0 aromatic carbocycles. The number of aryl methyl sites for hydroxylation is 1. The van der Waals surface area contributed by atoms with Crippen molar-refractivity contribution in [1.29, 1.82) is 0 Å². The molecular weight excluding hydrogens is 286 g/mol. The van der Waals surface area contributed by atoms with Gasteiger partial charge < -0.3 is 4.90 Å². The lowest BCUT2D eigenvalue weighted by atomic mass is 10.2. The summed E-state index contributed by atoms with van der Waals surface area (Å²) in [6.45, 7) is 0.869. The van der Waals surface area contributed by atoms with E-state index in [4.69, 9.17) is 11.6 Å². The van der Waals surface area contributed by atoms with Gasteiger partial charge in [0.05, 0.1) is 4.88 Å². The van der Waals surface area contributed by atoms with Gasteiger partial charge in [-0.3, -0.25) is 4.79 Å². The number of hydrogen-bond acceptors (Lipinski definition) is 3. The van der Waals surface area contributed by atoms with E-state index in [0.717, 1.165) is 36.4 Å². The van der Waals surface area contributed by atoms with Crippen LogP contribution < -0.4 is 0 Å². The molecule has 0 N–H and O–H groups in total. The van der Waals surface area contributed by atoms with Crippen molar-refractivity contribution < 1.29 is 4.79 Å². The average Bonchev–Trinajstić information content (AvgIpc) is 3.03. The number of thiophene rings is 1. The summed E-state index contributed by atoms with van der Waals surface area (Å²) in [7, 11) is 0. The number of carbonyl (C=O) groups excluding carboxylic acids is 1. The molecule has 0 spiro atoms. The van der Waals surface area contributed by atoms with E-state index in [1.165, 1.54) is 16.2 Å². The van der Waals surface area contributed by atoms with Crippen LogP contribution in [0.3, 0.4) is 0 Å². The molecular formula is C13H16ClNOS2. The Hall–Kier alpha value is -0.190. The first-order valence-corrected chi connectivity index (χ1v) is 8.86. The van der Waals surface area contributed by atoms with Crippen LogP contribution in [0.15, 0.2) is 6.07 Å². The Bertz CT molecular complexity index is 436. The molecule has 18 heavy (non-hydrogen) atoms. The number of amides is 1. The van der Waals surface area contributed by atoms with Crippen LogP contribution in [0.25, 0.3) is 0 Å². The van der Waals surface area contributed by atoms with Crippen molar-refractivity contribution in [1.82, 2.24) is 4.90 Å². The van der Waals surface area contributed by atoms with E-state index in [2.05, 4.69) is 6.07 Å². The maximum Gasteiger partial charge on any atom is 0.264 e. The summed E-state index contributed by atoms with van der Waals surface area (Å²) in [6.07, 6.45) is 3.26. The molecule has 1 aromatic heterocycles. The number of hydrogen-bond donors (Lipinski definition) is 0. The molecule has 1 saturated heterocycles. The number of thioether (sulfide) groups is 1. The van der Waals surface area contributed by atoms with Crippen molar-refractivity contribution in [2.75, 3.05) is 18.2 Å². The van der Waals surface area contributed by atoms with Gasteiger partial charge in [-0.2, -0.15) is 11.8 Å². The SMILES string of the molecule is O=C(c1cc2c(s1)CCSC2)N1CCCC1CCl. The predicted molar refractivity (Wildman–Crippen MR) is 79.0 cm³/mol. The summed E-state index contributed by atoms with van der Waals surface area (Å²) in [4.78, 5) is 16.8. The first kappa shape index (κ1) is 12.8. The van der Waals surface area contributed by atoms with Crippen LogP contribution in [-0.2, 0) is 12.2 Å². The van der Waals surface area contributed by atoms with Gasteiger partial charge >= 0.3 is 0 Å². The van der Waals surface area contributed by atoms with E-state index < -0.39 is 0 Å². The smallest absolute Gasteiger partial charge is 0.264 e. The maximum absolute atomic E-state index is 12.5. The Labute approximate surface area is 121 Å². The minimum absolute atomic E-state index is 0.197. The Morgan fingerprint density at radius 2 is 2.44 bits per heavy atom. The van der Waals surface area contributed by atoms with Crippen molar-refractivity contribution in [3.05, 3.63) is 21.4 Å². The van der Waals surface area contributed by atoms with E-state index in [9.17, 15) is 4.79 Å². The number of carbonyl (C=O) groups is 1. The third-order valence-corrected chi connectivity index (χ3v) is 6.24. The van der Waals surface area contributed by atoms with Gasteiger partial charge in [-0.05, 0) is 36.6 Å². The van der Waals surface area contributed by atoms with E-state index in [1.54, 1.807) is 11.3 Å². The summed E-state index contributed by atoms with van der Waals surface area (Å²) in [5, 5.41) is 0.